The van der Waals surface area contributed by atoms with E-state index in [9.17, 15) is 13.2 Å². The molecule has 2 N–H and O–H groups in total. The molecular formula is C16H19N5O3S. The van der Waals surface area contributed by atoms with Crippen LogP contribution in [0.25, 0.3) is 0 Å². The molecule has 1 aromatic carbocycles. The lowest BCUT2D eigenvalue weighted by atomic mass is 10.2. The molecule has 0 fully saturated rings. The maximum Gasteiger partial charge on any atom is 0.256 e. The Morgan fingerprint density at radius 1 is 1.28 bits per heavy atom. The topological polar surface area (TPSA) is 117 Å². The van der Waals surface area contributed by atoms with E-state index < -0.39 is 10.0 Å². The molecule has 0 saturated carbocycles. The van der Waals surface area contributed by atoms with E-state index in [1.807, 2.05) is 19.9 Å². The summed E-state index contributed by atoms with van der Waals surface area (Å²) < 4.78 is 28.1. The fourth-order valence-corrected chi connectivity index (χ4v) is 3.16. The highest BCUT2D eigenvalue weighted by molar-refractivity contribution is 7.89. The van der Waals surface area contributed by atoms with Crippen molar-refractivity contribution in [3.63, 3.8) is 0 Å². The molecule has 2 rings (SSSR count). The van der Waals surface area contributed by atoms with Crippen molar-refractivity contribution >= 4 is 21.7 Å². The maximum atomic E-state index is 12.3. The summed E-state index contributed by atoms with van der Waals surface area (Å²) in [6, 6.07) is 9.22. The third kappa shape index (κ3) is 4.65. The Balaban J connectivity index is 2.10. The second-order valence-corrected chi connectivity index (χ2v) is 7.31. The molecule has 0 saturated heterocycles. The van der Waals surface area contributed by atoms with Crippen molar-refractivity contribution in [1.29, 1.82) is 5.26 Å². The molecule has 132 valence electrons. The predicted octanol–water partition coefficient (Wildman–Crippen LogP) is 1.91. The van der Waals surface area contributed by atoms with E-state index in [1.54, 1.807) is 16.9 Å². The van der Waals surface area contributed by atoms with Crippen molar-refractivity contribution in [2.75, 3.05) is 11.9 Å². The van der Waals surface area contributed by atoms with Crippen LogP contribution in [0.4, 0.5) is 5.82 Å². The smallest absolute Gasteiger partial charge is 0.256 e. The highest BCUT2D eigenvalue weighted by Crippen LogP contribution is 2.16. The molecule has 0 atom stereocenters. The molecule has 8 nitrogen and oxygen atoms in total. The molecule has 0 radical (unpaired) electrons. The van der Waals surface area contributed by atoms with Crippen LogP contribution in [0.1, 0.15) is 36.7 Å². The van der Waals surface area contributed by atoms with Gasteiger partial charge in [-0.15, -0.1) is 0 Å². The van der Waals surface area contributed by atoms with Gasteiger partial charge in [-0.1, -0.05) is 0 Å². The Morgan fingerprint density at radius 3 is 2.56 bits per heavy atom. The van der Waals surface area contributed by atoms with Gasteiger partial charge in [-0.25, -0.2) is 17.8 Å². The first-order valence-electron chi connectivity index (χ1n) is 7.66. The van der Waals surface area contributed by atoms with Gasteiger partial charge in [0.1, 0.15) is 5.82 Å². The first kappa shape index (κ1) is 18.6. The second-order valence-electron chi connectivity index (χ2n) is 5.54. The highest BCUT2D eigenvalue weighted by atomic mass is 32.2. The normalized spacial score (nSPS) is 11.3. The van der Waals surface area contributed by atoms with E-state index in [0.717, 1.165) is 0 Å². The summed E-state index contributed by atoms with van der Waals surface area (Å²) in [6.45, 7) is 3.93. The number of carbonyl (C=O) groups is 1. The van der Waals surface area contributed by atoms with Crippen molar-refractivity contribution in [2.24, 2.45) is 0 Å². The number of rotatable bonds is 7. The average Bonchev–Trinajstić information content (AvgIpc) is 3.03. The zero-order chi connectivity index (χ0) is 18.4. The molecule has 0 spiro atoms. The van der Waals surface area contributed by atoms with Crippen LogP contribution >= 0.6 is 0 Å². The van der Waals surface area contributed by atoms with E-state index in [-0.39, 0.29) is 29.8 Å². The Kier molecular flexibility index (Phi) is 5.90. The van der Waals surface area contributed by atoms with Crippen molar-refractivity contribution in [1.82, 2.24) is 14.5 Å². The van der Waals surface area contributed by atoms with Gasteiger partial charge in [0.15, 0.2) is 0 Å². The minimum Gasteiger partial charge on any atom is -0.307 e. The van der Waals surface area contributed by atoms with Crippen LogP contribution in [0.3, 0.4) is 0 Å². The largest absolute Gasteiger partial charge is 0.307 e. The van der Waals surface area contributed by atoms with E-state index in [1.165, 1.54) is 24.3 Å². The lowest BCUT2D eigenvalue weighted by Crippen LogP contribution is -2.24. The van der Waals surface area contributed by atoms with Gasteiger partial charge in [-0.05, 0) is 38.1 Å². The monoisotopic (exact) mass is 361 g/mol. The summed E-state index contributed by atoms with van der Waals surface area (Å²) in [4.78, 5) is 12.3. The lowest BCUT2D eigenvalue weighted by molar-refractivity contribution is 0.102. The second kappa shape index (κ2) is 7.92. The summed E-state index contributed by atoms with van der Waals surface area (Å²) in [5.41, 5.74) is 0.326. The lowest BCUT2D eigenvalue weighted by Gasteiger charge is -2.12. The van der Waals surface area contributed by atoms with Gasteiger partial charge >= 0.3 is 0 Å². The first-order valence-corrected chi connectivity index (χ1v) is 9.15. The Morgan fingerprint density at radius 2 is 1.96 bits per heavy atom. The average molecular weight is 361 g/mol. The van der Waals surface area contributed by atoms with Crippen molar-refractivity contribution in [3.8, 4) is 6.07 Å². The van der Waals surface area contributed by atoms with Crippen molar-refractivity contribution in [3.05, 3.63) is 42.1 Å². The number of anilines is 1. The summed E-state index contributed by atoms with van der Waals surface area (Å²) in [5.74, 6) is 0.207. The van der Waals surface area contributed by atoms with Crippen molar-refractivity contribution in [2.45, 2.75) is 31.2 Å². The van der Waals surface area contributed by atoms with Crippen LogP contribution in [0.2, 0.25) is 0 Å². The number of benzene rings is 1. The fourth-order valence-electron chi connectivity index (χ4n) is 2.12. The summed E-state index contributed by atoms with van der Waals surface area (Å²) in [6.07, 6.45) is 1.68. The Bertz CT molecular complexity index is 879. The highest BCUT2D eigenvalue weighted by Gasteiger charge is 2.15. The summed E-state index contributed by atoms with van der Waals surface area (Å²) >= 11 is 0. The maximum absolute atomic E-state index is 12.3. The molecule has 0 unspecified atom stereocenters. The van der Waals surface area contributed by atoms with E-state index in [2.05, 4.69) is 15.1 Å². The number of nitriles is 1. The van der Waals surface area contributed by atoms with Crippen LogP contribution in [-0.2, 0) is 10.0 Å². The zero-order valence-corrected chi connectivity index (χ0v) is 14.7. The quantitative estimate of drug-likeness (QED) is 0.731. The molecule has 0 aliphatic heterocycles. The molecule has 9 heteroatoms. The van der Waals surface area contributed by atoms with Gasteiger partial charge in [0.2, 0.25) is 10.0 Å². The van der Waals surface area contributed by atoms with E-state index in [0.29, 0.717) is 11.4 Å². The third-order valence-corrected chi connectivity index (χ3v) is 4.83. The number of nitrogens with one attached hydrogen (secondary N) is 2. The first-order chi connectivity index (χ1) is 11.8. The zero-order valence-electron chi connectivity index (χ0n) is 13.9. The van der Waals surface area contributed by atoms with Gasteiger partial charge in [0, 0.05) is 30.6 Å². The number of hydrogen-bond acceptors (Lipinski definition) is 5. The number of amides is 1. The van der Waals surface area contributed by atoms with Gasteiger partial charge < -0.3 is 5.32 Å². The molecule has 1 amide bonds. The Hall–Kier alpha value is -2.70. The summed E-state index contributed by atoms with van der Waals surface area (Å²) in [7, 11) is -3.69. The number of sulfonamides is 1. The molecule has 0 bridgehead atoms. The number of aromatic nitrogens is 2. The fraction of sp³-hybridized carbons (Fsp3) is 0.312. The van der Waals surface area contributed by atoms with Gasteiger partial charge in [-0.3, -0.25) is 4.79 Å². The summed E-state index contributed by atoms with van der Waals surface area (Å²) in [5, 5.41) is 15.3. The number of nitrogens with zero attached hydrogens (tertiary/aromatic N) is 3. The van der Waals surface area contributed by atoms with Crippen LogP contribution < -0.4 is 10.0 Å². The van der Waals surface area contributed by atoms with Gasteiger partial charge in [0.05, 0.1) is 17.2 Å². The van der Waals surface area contributed by atoms with E-state index in [4.69, 9.17) is 5.26 Å². The van der Waals surface area contributed by atoms with E-state index >= 15 is 0 Å². The van der Waals surface area contributed by atoms with Crippen LogP contribution in [0, 0.1) is 11.3 Å². The SMILES string of the molecule is CC(C)n1nccc1NC(=O)c1ccc(S(=O)(=O)NCCC#N)cc1. The molecule has 0 aliphatic carbocycles. The minimum absolute atomic E-state index is 0.0363. The molecule has 1 aromatic heterocycles. The molecule has 1 heterocycles. The number of carbonyl (C=O) groups excluding carboxylic acids is 1. The molecule has 0 aliphatic rings. The third-order valence-electron chi connectivity index (χ3n) is 3.36. The Labute approximate surface area is 146 Å². The predicted molar refractivity (Wildman–Crippen MR) is 92.4 cm³/mol. The molecular weight excluding hydrogens is 342 g/mol. The molecule has 2 aromatic rings. The van der Waals surface area contributed by atoms with Crippen LogP contribution in [-0.4, -0.2) is 30.7 Å². The standard InChI is InChI=1S/C16H19N5O3S/c1-12(2)21-15(8-11-18-21)20-16(22)13-4-6-14(7-5-13)25(23,24)19-10-3-9-17/h4-8,11-12,19H,3,10H2,1-2H3,(H,20,22). The minimum atomic E-state index is -3.69. The molecule has 25 heavy (non-hydrogen) atoms. The van der Waals surface area contributed by atoms with Crippen LogP contribution in [0.15, 0.2) is 41.4 Å². The van der Waals surface area contributed by atoms with Crippen molar-refractivity contribution < 1.29 is 13.2 Å². The van der Waals surface area contributed by atoms with Crippen LogP contribution in [0.5, 0.6) is 0 Å². The van der Waals surface area contributed by atoms with Gasteiger partial charge in [-0.2, -0.15) is 10.4 Å². The number of hydrogen-bond donors (Lipinski definition) is 2. The van der Waals surface area contributed by atoms with Gasteiger partial charge in [0.25, 0.3) is 5.91 Å².